The number of carbonyl (C=O) groups excluding carboxylic acids is 2. The molecule has 0 aliphatic heterocycles. The number of nitrogens with zero attached hydrogens (tertiary/aromatic N) is 1. The molecule has 0 saturated heterocycles. The Kier molecular flexibility index (Phi) is 5.69. The standard InChI is InChI=1S/C22H21N3O3/c1-14-7-6-10-19(15(14)2)24-17-11-16(12-23-13-17)21(26)25-20-9-5-4-8-18(20)22(27)28-3/h4-13,24H,1-3H3,(H,25,26). The van der Waals surface area contributed by atoms with Crippen molar-refractivity contribution in [3.63, 3.8) is 0 Å². The van der Waals surface area contributed by atoms with E-state index in [9.17, 15) is 9.59 Å². The van der Waals surface area contributed by atoms with Gasteiger partial charge in [0.05, 0.1) is 35.8 Å². The van der Waals surface area contributed by atoms with Gasteiger partial charge in [0.25, 0.3) is 5.91 Å². The van der Waals surface area contributed by atoms with Crippen molar-refractivity contribution in [2.24, 2.45) is 0 Å². The Hall–Kier alpha value is -3.67. The third-order valence-electron chi connectivity index (χ3n) is 4.46. The highest BCUT2D eigenvalue weighted by Crippen LogP contribution is 2.23. The maximum atomic E-state index is 12.7. The quantitative estimate of drug-likeness (QED) is 0.643. The van der Waals surface area contributed by atoms with Crippen molar-refractivity contribution in [3.8, 4) is 0 Å². The second-order valence-electron chi connectivity index (χ2n) is 6.33. The van der Waals surface area contributed by atoms with Crippen LogP contribution in [0.5, 0.6) is 0 Å². The zero-order valence-corrected chi connectivity index (χ0v) is 15.9. The number of carbonyl (C=O) groups is 2. The van der Waals surface area contributed by atoms with Crippen LogP contribution < -0.4 is 10.6 Å². The number of para-hydroxylation sites is 1. The molecule has 142 valence electrons. The maximum absolute atomic E-state index is 12.7. The van der Waals surface area contributed by atoms with Crippen molar-refractivity contribution in [1.29, 1.82) is 0 Å². The molecule has 1 aromatic heterocycles. The van der Waals surface area contributed by atoms with Crippen molar-refractivity contribution in [2.45, 2.75) is 13.8 Å². The van der Waals surface area contributed by atoms with Gasteiger partial charge in [0.15, 0.2) is 0 Å². The number of anilines is 3. The molecule has 0 aliphatic rings. The Morgan fingerprint density at radius 2 is 1.71 bits per heavy atom. The minimum Gasteiger partial charge on any atom is -0.465 e. The van der Waals surface area contributed by atoms with E-state index >= 15 is 0 Å². The van der Waals surface area contributed by atoms with E-state index in [4.69, 9.17) is 4.74 Å². The number of esters is 1. The smallest absolute Gasteiger partial charge is 0.339 e. The molecule has 0 bridgehead atoms. The van der Waals surface area contributed by atoms with Crippen LogP contribution >= 0.6 is 0 Å². The molecule has 6 heteroatoms. The molecule has 0 unspecified atom stereocenters. The summed E-state index contributed by atoms with van der Waals surface area (Å²) in [6, 6.07) is 14.4. The fraction of sp³-hybridized carbons (Fsp3) is 0.136. The number of pyridine rings is 1. The number of methoxy groups -OCH3 is 1. The third kappa shape index (κ3) is 4.17. The van der Waals surface area contributed by atoms with Crippen LogP contribution in [0.2, 0.25) is 0 Å². The minimum atomic E-state index is -0.514. The molecule has 0 saturated carbocycles. The Labute approximate surface area is 163 Å². The lowest BCUT2D eigenvalue weighted by Crippen LogP contribution is -2.15. The van der Waals surface area contributed by atoms with Crippen molar-refractivity contribution in [1.82, 2.24) is 4.98 Å². The molecule has 28 heavy (non-hydrogen) atoms. The molecule has 6 nitrogen and oxygen atoms in total. The van der Waals surface area contributed by atoms with Crippen molar-refractivity contribution >= 4 is 28.9 Å². The van der Waals surface area contributed by atoms with Gasteiger partial charge in [0.2, 0.25) is 0 Å². The molecular weight excluding hydrogens is 354 g/mol. The van der Waals surface area contributed by atoms with Crippen LogP contribution in [0.1, 0.15) is 31.8 Å². The maximum Gasteiger partial charge on any atom is 0.339 e. The monoisotopic (exact) mass is 375 g/mol. The van der Waals surface area contributed by atoms with E-state index in [1.54, 1.807) is 36.5 Å². The van der Waals surface area contributed by atoms with Gasteiger partial charge in [-0.25, -0.2) is 4.79 Å². The van der Waals surface area contributed by atoms with E-state index in [1.165, 1.54) is 18.9 Å². The molecule has 0 aliphatic carbocycles. The van der Waals surface area contributed by atoms with E-state index in [1.807, 2.05) is 32.0 Å². The summed E-state index contributed by atoms with van der Waals surface area (Å²) in [6.07, 6.45) is 3.13. The predicted octanol–water partition coefficient (Wildman–Crippen LogP) is 4.48. The first kappa shape index (κ1) is 19.1. The summed E-state index contributed by atoms with van der Waals surface area (Å²) in [7, 11) is 1.30. The number of aromatic nitrogens is 1. The number of hydrogen-bond acceptors (Lipinski definition) is 5. The molecule has 1 heterocycles. The first-order valence-electron chi connectivity index (χ1n) is 8.76. The van der Waals surface area contributed by atoms with Crippen LogP contribution in [0.4, 0.5) is 17.1 Å². The molecular formula is C22H21N3O3. The minimum absolute atomic E-state index is 0.288. The van der Waals surface area contributed by atoms with Crippen molar-refractivity contribution in [3.05, 3.63) is 83.2 Å². The summed E-state index contributed by atoms with van der Waals surface area (Å²) in [5.41, 5.74) is 4.99. The summed E-state index contributed by atoms with van der Waals surface area (Å²) >= 11 is 0. The van der Waals surface area contributed by atoms with Gasteiger partial charge in [0, 0.05) is 11.9 Å². The van der Waals surface area contributed by atoms with E-state index in [2.05, 4.69) is 15.6 Å². The second-order valence-corrected chi connectivity index (χ2v) is 6.33. The summed E-state index contributed by atoms with van der Waals surface area (Å²) < 4.78 is 4.76. The lowest BCUT2D eigenvalue weighted by Gasteiger charge is -2.13. The fourth-order valence-corrected chi connectivity index (χ4v) is 2.75. The van der Waals surface area contributed by atoms with Gasteiger partial charge in [0.1, 0.15) is 0 Å². The van der Waals surface area contributed by atoms with Gasteiger partial charge in [-0.3, -0.25) is 9.78 Å². The number of ether oxygens (including phenoxy) is 1. The van der Waals surface area contributed by atoms with E-state index in [0.29, 0.717) is 16.9 Å². The second kappa shape index (κ2) is 8.35. The Morgan fingerprint density at radius 3 is 2.50 bits per heavy atom. The van der Waals surface area contributed by atoms with Crippen LogP contribution in [0.3, 0.4) is 0 Å². The average molecular weight is 375 g/mol. The predicted molar refractivity (Wildman–Crippen MR) is 109 cm³/mol. The molecule has 1 amide bonds. The zero-order valence-electron chi connectivity index (χ0n) is 15.9. The van der Waals surface area contributed by atoms with Gasteiger partial charge in [-0.05, 0) is 49.2 Å². The number of aryl methyl sites for hydroxylation is 1. The van der Waals surface area contributed by atoms with Gasteiger partial charge in [-0.2, -0.15) is 0 Å². The molecule has 2 N–H and O–H groups in total. The summed E-state index contributed by atoms with van der Waals surface area (Å²) in [5, 5.41) is 6.04. The first-order chi connectivity index (χ1) is 13.5. The van der Waals surface area contributed by atoms with Crippen LogP contribution in [-0.4, -0.2) is 24.0 Å². The Morgan fingerprint density at radius 1 is 0.964 bits per heavy atom. The SMILES string of the molecule is COC(=O)c1ccccc1NC(=O)c1cncc(Nc2cccc(C)c2C)c1. The van der Waals surface area contributed by atoms with Crippen molar-refractivity contribution in [2.75, 3.05) is 17.7 Å². The van der Waals surface area contributed by atoms with E-state index in [-0.39, 0.29) is 11.5 Å². The number of amides is 1. The Bertz CT molecular complexity index is 1030. The fourth-order valence-electron chi connectivity index (χ4n) is 2.75. The molecule has 0 fully saturated rings. The molecule has 0 spiro atoms. The largest absolute Gasteiger partial charge is 0.465 e. The summed E-state index contributed by atoms with van der Waals surface area (Å²) in [5.74, 6) is -0.882. The lowest BCUT2D eigenvalue weighted by atomic mass is 10.1. The third-order valence-corrected chi connectivity index (χ3v) is 4.46. The summed E-state index contributed by atoms with van der Waals surface area (Å²) in [6.45, 7) is 4.08. The average Bonchev–Trinajstić information content (AvgIpc) is 2.71. The highest BCUT2D eigenvalue weighted by molar-refractivity contribution is 6.08. The van der Waals surface area contributed by atoms with Crippen LogP contribution in [0, 0.1) is 13.8 Å². The molecule has 0 radical (unpaired) electrons. The Balaban J connectivity index is 1.82. The number of hydrogen-bond donors (Lipinski definition) is 2. The highest BCUT2D eigenvalue weighted by Gasteiger charge is 2.15. The van der Waals surface area contributed by atoms with Gasteiger partial charge in [-0.15, -0.1) is 0 Å². The van der Waals surface area contributed by atoms with E-state index < -0.39 is 5.97 Å². The zero-order chi connectivity index (χ0) is 20.1. The number of benzene rings is 2. The van der Waals surface area contributed by atoms with Gasteiger partial charge < -0.3 is 15.4 Å². The topological polar surface area (TPSA) is 80.3 Å². The van der Waals surface area contributed by atoms with Crippen molar-refractivity contribution < 1.29 is 14.3 Å². The molecule has 2 aromatic carbocycles. The summed E-state index contributed by atoms with van der Waals surface area (Å²) in [4.78, 5) is 28.7. The molecule has 0 atom stereocenters. The number of nitrogens with one attached hydrogen (secondary N) is 2. The van der Waals surface area contributed by atoms with Crippen LogP contribution in [0.15, 0.2) is 60.9 Å². The molecule has 3 rings (SSSR count). The lowest BCUT2D eigenvalue weighted by molar-refractivity contribution is 0.0602. The van der Waals surface area contributed by atoms with Gasteiger partial charge in [-0.1, -0.05) is 24.3 Å². The van der Waals surface area contributed by atoms with Crippen LogP contribution in [-0.2, 0) is 4.74 Å². The van der Waals surface area contributed by atoms with Crippen LogP contribution in [0.25, 0.3) is 0 Å². The molecule has 3 aromatic rings. The normalized spacial score (nSPS) is 10.2. The van der Waals surface area contributed by atoms with E-state index in [0.717, 1.165) is 11.3 Å². The number of rotatable bonds is 5. The van der Waals surface area contributed by atoms with Gasteiger partial charge >= 0.3 is 5.97 Å². The first-order valence-corrected chi connectivity index (χ1v) is 8.76. The highest BCUT2D eigenvalue weighted by atomic mass is 16.5.